The summed E-state index contributed by atoms with van der Waals surface area (Å²) in [6.45, 7) is 13.2. The minimum Gasteiger partial charge on any atom is -0.320 e. The van der Waals surface area contributed by atoms with E-state index < -0.39 is 0 Å². The molecule has 0 aromatic heterocycles. The van der Waals surface area contributed by atoms with Gasteiger partial charge in [-0.3, -0.25) is 5.01 Å². The highest BCUT2D eigenvalue weighted by Gasteiger charge is 2.35. The summed E-state index contributed by atoms with van der Waals surface area (Å²) in [4.78, 5) is 0. The van der Waals surface area contributed by atoms with Crippen molar-refractivity contribution in [2.24, 2.45) is 22.2 Å². The fourth-order valence-corrected chi connectivity index (χ4v) is 1.56. The molecule has 0 radical (unpaired) electrons. The van der Waals surface area contributed by atoms with Gasteiger partial charge in [0, 0.05) is 5.92 Å². The van der Waals surface area contributed by atoms with Crippen molar-refractivity contribution < 1.29 is 5.01 Å². The molecule has 0 spiro atoms. The number of nitrogens with one attached hydrogen (secondary N) is 1. The van der Waals surface area contributed by atoms with Crippen LogP contribution in [0.15, 0.2) is 10.3 Å². The quantitative estimate of drug-likeness (QED) is 0.705. The van der Waals surface area contributed by atoms with Crippen molar-refractivity contribution in [3.63, 3.8) is 0 Å². The molecule has 0 amide bonds. The normalized spacial score (nSPS) is 29.4. The van der Waals surface area contributed by atoms with Crippen molar-refractivity contribution >= 4 is 0 Å². The summed E-state index contributed by atoms with van der Waals surface area (Å²) in [6.07, 6.45) is 0.190. The zero-order chi connectivity index (χ0) is 10.9. The summed E-state index contributed by atoms with van der Waals surface area (Å²) in [7, 11) is 0. The molecule has 1 aliphatic heterocycles. The fourth-order valence-electron chi connectivity index (χ4n) is 1.56. The maximum atomic E-state index is 4.23. The monoisotopic (exact) mass is 198 g/mol. The van der Waals surface area contributed by atoms with E-state index in [-0.39, 0.29) is 11.7 Å². The van der Waals surface area contributed by atoms with Crippen LogP contribution >= 0.6 is 0 Å². The molecule has 1 rings (SSSR count). The first-order valence-corrected chi connectivity index (χ1v) is 5.32. The molecule has 14 heavy (non-hydrogen) atoms. The van der Waals surface area contributed by atoms with Crippen molar-refractivity contribution in [1.29, 1.82) is 0 Å². The minimum absolute atomic E-state index is 0.0807. The molecule has 1 N–H and O–H groups in total. The molecule has 0 aromatic carbocycles. The largest absolute Gasteiger partial charge is 0.320 e. The van der Waals surface area contributed by atoms with Crippen LogP contribution in [0.4, 0.5) is 0 Å². The van der Waals surface area contributed by atoms with Crippen LogP contribution in [0.1, 0.15) is 41.5 Å². The molecule has 0 aliphatic carbocycles. The van der Waals surface area contributed by atoms with Gasteiger partial charge in [-0.2, -0.15) is 5.53 Å². The van der Waals surface area contributed by atoms with Crippen LogP contribution in [0.5, 0.6) is 0 Å². The van der Waals surface area contributed by atoms with E-state index in [4.69, 9.17) is 0 Å². The number of rotatable bonds is 2. The molecule has 0 saturated carbocycles. The lowest BCUT2D eigenvalue weighted by molar-refractivity contribution is -0.933. The van der Waals surface area contributed by atoms with Crippen molar-refractivity contribution in [2.45, 2.75) is 53.2 Å². The smallest absolute Gasteiger partial charge is 0.127 e. The molecule has 1 aliphatic rings. The second kappa shape index (κ2) is 3.85. The Hall–Kier alpha value is -0.640. The average molecular weight is 198 g/mol. The van der Waals surface area contributed by atoms with Crippen LogP contribution in [0.3, 0.4) is 0 Å². The summed E-state index contributed by atoms with van der Waals surface area (Å²) < 4.78 is 0. The first-order valence-electron chi connectivity index (χ1n) is 5.32. The summed E-state index contributed by atoms with van der Waals surface area (Å²) in [5, 5.41) is 9.18. The van der Waals surface area contributed by atoms with Crippen molar-refractivity contribution in [3.05, 3.63) is 5.53 Å². The van der Waals surface area contributed by atoms with Gasteiger partial charge in [0.15, 0.2) is 0 Å². The van der Waals surface area contributed by atoms with Gasteiger partial charge >= 0.3 is 0 Å². The van der Waals surface area contributed by atoms with Crippen LogP contribution in [0, 0.1) is 11.8 Å². The standard InChI is InChI=1S/C10H22N4/c1-7(2)8(3)9-11-12-13-14(9)10(4,5)6/h7-9,14H,1-6H3. The third-order valence-electron chi connectivity index (χ3n) is 2.93. The van der Waals surface area contributed by atoms with Gasteiger partial charge in [0.2, 0.25) is 0 Å². The number of hydrogen-bond acceptors (Lipinski definition) is 2. The molecule has 4 nitrogen and oxygen atoms in total. The molecule has 0 saturated heterocycles. The Kier molecular flexibility index (Phi) is 3.14. The lowest BCUT2D eigenvalue weighted by Gasteiger charge is -2.38. The third kappa shape index (κ3) is 2.23. The Morgan fingerprint density at radius 1 is 1.21 bits per heavy atom. The average Bonchev–Trinajstić information content (AvgIpc) is 2.48. The lowest BCUT2D eigenvalue weighted by atomic mass is 9.93. The predicted molar refractivity (Wildman–Crippen MR) is 56.7 cm³/mol. The highest BCUT2D eigenvalue weighted by atomic mass is 15.8. The van der Waals surface area contributed by atoms with E-state index in [1.807, 2.05) is 0 Å². The number of quaternary nitrogens is 1. The maximum absolute atomic E-state index is 4.23. The Labute approximate surface area is 86.7 Å². The zero-order valence-electron chi connectivity index (χ0n) is 10.1. The predicted octanol–water partition coefficient (Wildman–Crippen LogP) is 1.96. The van der Waals surface area contributed by atoms with Crippen LogP contribution < -0.4 is 5.01 Å². The molecule has 0 aromatic rings. The third-order valence-corrected chi connectivity index (χ3v) is 2.93. The van der Waals surface area contributed by atoms with E-state index in [1.165, 1.54) is 0 Å². The molecule has 0 bridgehead atoms. The molecule has 82 valence electrons. The van der Waals surface area contributed by atoms with E-state index in [9.17, 15) is 0 Å². The van der Waals surface area contributed by atoms with E-state index in [0.29, 0.717) is 11.8 Å². The molecule has 0 fully saturated rings. The molecular formula is C10H22N4. The summed E-state index contributed by atoms with van der Waals surface area (Å²) >= 11 is 0. The SMILES string of the molecule is CC(C)C(C)C1N=N[N-][NH+]1C(C)(C)C. The topological polar surface area (TPSA) is 43.3 Å². The van der Waals surface area contributed by atoms with E-state index in [1.54, 1.807) is 0 Å². The van der Waals surface area contributed by atoms with Crippen LogP contribution in [0.2, 0.25) is 0 Å². The van der Waals surface area contributed by atoms with Gasteiger partial charge in [-0.15, -0.1) is 0 Å². The maximum Gasteiger partial charge on any atom is 0.127 e. The molecular weight excluding hydrogens is 176 g/mol. The summed E-state index contributed by atoms with van der Waals surface area (Å²) in [6, 6.07) is 0. The first kappa shape index (κ1) is 11.4. The van der Waals surface area contributed by atoms with Gasteiger partial charge in [-0.25, -0.2) is 5.22 Å². The summed E-state index contributed by atoms with van der Waals surface area (Å²) in [5.41, 5.74) is 4.25. The van der Waals surface area contributed by atoms with E-state index in [2.05, 4.69) is 57.4 Å². The molecule has 3 atom stereocenters. The Bertz CT molecular complexity index is 217. The Morgan fingerprint density at radius 2 is 1.79 bits per heavy atom. The fraction of sp³-hybridized carbons (Fsp3) is 1.00. The van der Waals surface area contributed by atoms with E-state index in [0.717, 1.165) is 5.01 Å². The zero-order valence-corrected chi connectivity index (χ0v) is 10.1. The highest BCUT2D eigenvalue weighted by molar-refractivity contribution is 4.75. The van der Waals surface area contributed by atoms with Gasteiger partial charge in [0.05, 0.1) is 5.54 Å². The first-order chi connectivity index (χ1) is 6.34. The summed E-state index contributed by atoms with van der Waals surface area (Å²) in [5.74, 6) is 1.13. The van der Waals surface area contributed by atoms with Gasteiger partial charge < -0.3 is 5.11 Å². The van der Waals surface area contributed by atoms with Crippen LogP contribution in [0.25, 0.3) is 5.53 Å². The van der Waals surface area contributed by atoms with Gasteiger partial charge in [-0.1, -0.05) is 20.8 Å². The molecule has 1 heterocycles. The van der Waals surface area contributed by atoms with Crippen molar-refractivity contribution in [1.82, 2.24) is 0 Å². The van der Waals surface area contributed by atoms with Crippen LogP contribution in [-0.4, -0.2) is 11.7 Å². The van der Waals surface area contributed by atoms with E-state index >= 15 is 0 Å². The van der Waals surface area contributed by atoms with Crippen LogP contribution in [-0.2, 0) is 0 Å². The number of nitrogens with zero attached hydrogens (tertiary/aromatic N) is 3. The van der Waals surface area contributed by atoms with Gasteiger partial charge in [-0.05, 0) is 26.7 Å². The minimum atomic E-state index is 0.0807. The highest BCUT2D eigenvalue weighted by Crippen LogP contribution is 2.18. The van der Waals surface area contributed by atoms with Gasteiger partial charge in [0.25, 0.3) is 0 Å². The molecule has 4 heteroatoms. The van der Waals surface area contributed by atoms with Crippen molar-refractivity contribution in [3.8, 4) is 0 Å². The van der Waals surface area contributed by atoms with Gasteiger partial charge in [0.1, 0.15) is 6.17 Å². The lowest BCUT2D eigenvalue weighted by Crippen LogP contribution is -3.17. The molecule has 3 unspecified atom stereocenters. The second-order valence-corrected chi connectivity index (χ2v) is 5.49. The van der Waals surface area contributed by atoms with Crippen molar-refractivity contribution in [2.75, 3.05) is 0 Å². The number of hydrogen-bond donors (Lipinski definition) is 1. The second-order valence-electron chi connectivity index (χ2n) is 5.49. The Balaban J connectivity index is 2.73. The Morgan fingerprint density at radius 3 is 2.21 bits per heavy atom.